The molecule has 0 aromatic carbocycles. The molecule has 2 aliphatic heterocycles. The maximum atomic E-state index is 12.8. The van der Waals surface area contributed by atoms with Gasteiger partial charge in [0.25, 0.3) is 0 Å². The summed E-state index contributed by atoms with van der Waals surface area (Å²) in [6.07, 6.45) is 4.35. The van der Waals surface area contributed by atoms with Crippen molar-refractivity contribution in [1.29, 1.82) is 0 Å². The van der Waals surface area contributed by atoms with Crippen LogP contribution >= 0.6 is 0 Å². The van der Waals surface area contributed by atoms with Crippen molar-refractivity contribution in [1.82, 2.24) is 14.5 Å². The van der Waals surface area contributed by atoms with Gasteiger partial charge in [0, 0.05) is 39.3 Å². The van der Waals surface area contributed by atoms with Crippen LogP contribution < -0.4 is 5.32 Å². The molecule has 0 aromatic heterocycles. The fraction of sp³-hybridized carbons (Fsp3) is 0.933. The molecular formula is C15H29N3O3S. The van der Waals surface area contributed by atoms with E-state index in [2.05, 4.69) is 5.32 Å². The standard InChI is InChI=1S/C15H29N3O3S/c1-15(2,14(19)17-9-5-3-4-6-10-17)13-22(20,21)18-11-7-16-8-12-18/h16H,3-13H2,1-2H3. The van der Waals surface area contributed by atoms with Crippen molar-refractivity contribution in [3.63, 3.8) is 0 Å². The summed E-state index contributed by atoms with van der Waals surface area (Å²) in [5.41, 5.74) is -0.867. The van der Waals surface area contributed by atoms with Gasteiger partial charge in [0.2, 0.25) is 15.9 Å². The number of hydrogen-bond donors (Lipinski definition) is 1. The molecule has 0 aliphatic carbocycles. The Morgan fingerprint density at radius 2 is 1.55 bits per heavy atom. The first-order chi connectivity index (χ1) is 10.3. The van der Waals surface area contributed by atoms with Gasteiger partial charge in [0.05, 0.1) is 11.2 Å². The van der Waals surface area contributed by atoms with E-state index in [0.29, 0.717) is 26.2 Å². The summed E-state index contributed by atoms with van der Waals surface area (Å²) in [4.78, 5) is 14.6. The van der Waals surface area contributed by atoms with Gasteiger partial charge < -0.3 is 10.2 Å². The van der Waals surface area contributed by atoms with E-state index in [1.165, 1.54) is 4.31 Å². The van der Waals surface area contributed by atoms with Gasteiger partial charge in [-0.15, -0.1) is 0 Å². The summed E-state index contributed by atoms with van der Waals surface area (Å²) in [6.45, 7) is 7.40. The third kappa shape index (κ3) is 4.43. The molecule has 128 valence electrons. The summed E-state index contributed by atoms with van der Waals surface area (Å²) >= 11 is 0. The fourth-order valence-electron chi connectivity index (χ4n) is 3.23. The number of rotatable bonds is 4. The van der Waals surface area contributed by atoms with E-state index in [0.717, 1.165) is 38.8 Å². The molecule has 0 spiro atoms. The van der Waals surface area contributed by atoms with Gasteiger partial charge in [-0.3, -0.25) is 4.79 Å². The zero-order chi connectivity index (χ0) is 16.2. The van der Waals surface area contributed by atoms with Crippen LogP contribution in [0.15, 0.2) is 0 Å². The van der Waals surface area contributed by atoms with E-state index in [1.807, 2.05) is 4.90 Å². The topological polar surface area (TPSA) is 69.7 Å². The lowest BCUT2D eigenvalue weighted by Gasteiger charge is -2.34. The lowest BCUT2D eigenvalue weighted by molar-refractivity contribution is -0.139. The summed E-state index contributed by atoms with van der Waals surface area (Å²) in [5.74, 6) is -0.122. The van der Waals surface area contributed by atoms with Crippen molar-refractivity contribution in [3.05, 3.63) is 0 Å². The molecular weight excluding hydrogens is 302 g/mol. The second kappa shape index (κ2) is 7.27. The van der Waals surface area contributed by atoms with E-state index in [4.69, 9.17) is 0 Å². The molecule has 0 aromatic rings. The highest BCUT2D eigenvalue weighted by Gasteiger charge is 2.39. The second-order valence-corrected chi connectivity index (χ2v) is 8.96. The first-order valence-corrected chi connectivity index (χ1v) is 9.92. The molecule has 2 fully saturated rings. The predicted molar refractivity (Wildman–Crippen MR) is 87.1 cm³/mol. The Kier molecular flexibility index (Phi) is 5.85. The molecule has 1 amide bonds. The zero-order valence-corrected chi connectivity index (χ0v) is 14.6. The highest BCUT2D eigenvalue weighted by atomic mass is 32.2. The van der Waals surface area contributed by atoms with E-state index in [1.54, 1.807) is 13.8 Å². The Bertz CT molecular complexity index is 476. The van der Waals surface area contributed by atoms with Crippen molar-refractivity contribution >= 4 is 15.9 Å². The molecule has 2 rings (SSSR count). The number of carbonyl (C=O) groups excluding carboxylic acids is 1. The van der Waals surface area contributed by atoms with Crippen LogP contribution in [-0.4, -0.2) is 68.6 Å². The molecule has 0 radical (unpaired) electrons. The molecule has 0 bridgehead atoms. The average molecular weight is 331 g/mol. The van der Waals surface area contributed by atoms with Crippen molar-refractivity contribution in [2.45, 2.75) is 39.5 Å². The van der Waals surface area contributed by atoms with Gasteiger partial charge in [0.1, 0.15) is 0 Å². The van der Waals surface area contributed by atoms with E-state index >= 15 is 0 Å². The van der Waals surface area contributed by atoms with Crippen molar-refractivity contribution in [3.8, 4) is 0 Å². The Balaban J connectivity index is 2.03. The van der Waals surface area contributed by atoms with Crippen LogP contribution in [0.1, 0.15) is 39.5 Å². The Morgan fingerprint density at radius 1 is 1.00 bits per heavy atom. The van der Waals surface area contributed by atoms with Gasteiger partial charge in [-0.1, -0.05) is 12.8 Å². The van der Waals surface area contributed by atoms with Gasteiger partial charge in [-0.25, -0.2) is 8.42 Å². The minimum Gasteiger partial charge on any atom is -0.342 e. The molecule has 2 saturated heterocycles. The quantitative estimate of drug-likeness (QED) is 0.821. The number of piperazine rings is 1. The number of nitrogens with zero attached hydrogens (tertiary/aromatic N) is 2. The van der Waals surface area contributed by atoms with Gasteiger partial charge in [0.15, 0.2) is 0 Å². The molecule has 1 N–H and O–H groups in total. The first-order valence-electron chi connectivity index (χ1n) is 8.31. The molecule has 0 saturated carbocycles. The third-order valence-corrected chi connectivity index (χ3v) is 6.72. The molecule has 0 unspecified atom stereocenters. The predicted octanol–water partition coefficient (Wildman–Crippen LogP) is 0.650. The maximum Gasteiger partial charge on any atom is 0.229 e. The first kappa shape index (κ1) is 17.7. The van der Waals surface area contributed by atoms with Crippen LogP contribution in [0.4, 0.5) is 0 Å². The van der Waals surface area contributed by atoms with Crippen LogP contribution in [0.2, 0.25) is 0 Å². The number of likely N-dealkylation sites (tertiary alicyclic amines) is 1. The average Bonchev–Trinajstić information content (AvgIpc) is 2.75. The smallest absolute Gasteiger partial charge is 0.229 e. The Hall–Kier alpha value is -0.660. The highest BCUT2D eigenvalue weighted by molar-refractivity contribution is 7.89. The van der Waals surface area contributed by atoms with E-state index in [9.17, 15) is 13.2 Å². The van der Waals surface area contributed by atoms with Gasteiger partial charge in [-0.2, -0.15) is 4.31 Å². The van der Waals surface area contributed by atoms with Crippen LogP contribution in [-0.2, 0) is 14.8 Å². The Labute approximate surface area is 134 Å². The van der Waals surface area contributed by atoms with Crippen molar-refractivity contribution in [2.24, 2.45) is 5.41 Å². The largest absolute Gasteiger partial charge is 0.342 e. The number of carbonyl (C=O) groups is 1. The normalized spacial score (nSPS) is 22.4. The van der Waals surface area contributed by atoms with Crippen LogP contribution in [0.3, 0.4) is 0 Å². The molecule has 2 aliphatic rings. The SMILES string of the molecule is CC(C)(CS(=O)(=O)N1CCNCC1)C(=O)N1CCCCCC1. The van der Waals surface area contributed by atoms with Crippen LogP contribution in [0, 0.1) is 5.41 Å². The maximum absolute atomic E-state index is 12.8. The van der Waals surface area contributed by atoms with E-state index in [-0.39, 0.29) is 11.7 Å². The molecule has 2 heterocycles. The zero-order valence-electron chi connectivity index (χ0n) is 13.8. The molecule has 22 heavy (non-hydrogen) atoms. The second-order valence-electron chi connectivity index (χ2n) is 7.00. The van der Waals surface area contributed by atoms with Crippen molar-refractivity contribution in [2.75, 3.05) is 45.0 Å². The lowest BCUT2D eigenvalue weighted by Crippen LogP contribution is -2.51. The summed E-state index contributed by atoms with van der Waals surface area (Å²) in [5, 5.41) is 3.15. The molecule has 7 heteroatoms. The number of sulfonamides is 1. The fourth-order valence-corrected chi connectivity index (χ4v) is 5.19. The monoisotopic (exact) mass is 331 g/mol. The number of amides is 1. The van der Waals surface area contributed by atoms with Crippen LogP contribution in [0.5, 0.6) is 0 Å². The molecule has 0 atom stereocenters. The summed E-state index contributed by atoms with van der Waals surface area (Å²) in [6, 6.07) is 0. The molecule has 6 nitrogen and oxygen atoms in total. The third-order valence-electron chi connectivity index (χ3n) is 4.48. The number of hydrogen-bond acceptors (Lipinski definition) is 4. The summed E-state index contributed by atoms with van der Waals surface area (Å²) < 4.78 is 26.7. The number of nitrogens with one attached hydrogen (secondary N) is 1. The minimum atomic E-state index is -3.39. The lowest BCUT2D eigenvalue weighted by atomic mass is 9.94. The van der Waals surface area contributed by atoms with E-state index < -0.39 is 15.4 Å². The van der Waals surface area contributed by atoms with Crippen LogP contribution in [0.25, 0.3) is 0 Å². The highest BCUT2D eigenvalue weighted by Crippen LogP contribution is 2.25. The van der Waals surface area contributed by atoms with Crippen molar-refractivity contribution < 1.29 is 13.2 Å². The minimum absolute atomic E-state index is 0.0203. The summed E-state index contributed by atoms with van der Waals surface area (Å²) in [7, 11) is -3.39. The Morgan fingerprint density at radius 3 is 2.09 bits per heavy atom. The van der Waals surface area contributed by atoms with Gasteiger partial charge in [-0.05, 0) is 26.7 Å². The van der Waals surface area contributed by atoms with Gasteiger partial charge >= 0.3 is 0 Å².